The van der Waals surface area contributed by atoms with Gasteiger partial charge in [0.05, 0.1) is 11.7 Å². The molecule has 6 nitrogen and oxygen atoms in total. The van der Waals surface area contributed by atoms with Crippen molar-refractivity contribution in [1.82, 2.24) is 13.8 Å². The number of halogens is 2. The highest BCUT2D eigenvalue weighted by Crippen LogP contribution is 2.28. The van der Waals surface area contributed by atoms with Crippen LogP contribution in [0.5, 0.6) is 0 Å². The van der Waals surface area contributed by atoms with Crippen LogP contribution in [0.3, 0.4) is 0 Å². The smallest absolute Gasteiger partial charge is 0.259 e. The van der Waals surface area contributed by atoms with E-state index in [4.69, 9.17) is 11.6 Å². The molecular formula is C20H19BrClN3O3S. The first-order valence-electron chi connectivity index (χ1n) is 9.12. The van der Waals surface area contributed by atoms with E-state index in [1.165, 1.54) is 10.4 Å². The molecule has 1 aliphatic rings. The third-order valence-corrected chi connectivity index (χ3v) is 7.96. The second-order valence-corrected chi connectivity index (χ2v) is 10.1. The van der Waals surface area contributed by atoms with Gasteiger partial charge in [-0.1, -0.05) is 45.7 Å². The lowest BCUT2D eigenvalue weighted by Gasteiger charge is -2.34. The Labute approximate surface area is 182 Å². The number of nitrogens with zero attached hydrogens (tertiary/aromatic N) is 3. The lowest BCUT2D eigenvalue weighted by atomic mass is 10.2. The Bertz CT molecular complexity index is 1220. The third-order valence-electron chi connectivity index (χ3n) is 5.08. The first-order valence-corrected chi connectivity index (χ1v) is 11.7. The van der Waals surface area contributed by atoms with Gasteiger partial charge >= 0.3 is 0 Å². The van der Waals surface area contributed by atoms with Crippen LogP contribution in [-0.4, -0.2) is 48.4 Å². The fraction of sp³-hybridized carbons (Fsp3) is 0.250. The summed E-state index contributed by atoms with van der Waals surface area (Å²) in [6, 6.07) is 14.2. The van der Waals surface area contributed by atoms with Gasteiger partial charge in [-0.3, -0.25) is 9.69 Å². The van der Waals surface area contributed by atoms with Crippen molar-refractivity contribution < 1.29 is 8.42 Å². The molecule has 152 valence electrons. The Balaban J connectivity index is 1.47. The van der Waals surface area contributed by atoms with Gasteiger partial charge in [-0.25, -0.2) is 8.42 Å². The summed E-state index contributed by atoms with van der Waals surface area (Å²) in [6.45, 7) is 2.18. The number of aromatic nitrogens is 1. The molecule has 29 heavy (non-hydrogen) atoms. The van der Waals surface area contributed by atoms with Crippen LogP contribution < -0.4 is 5.56 Å². The molecule has 0 unspecified atom stereocenters. The number of hydrogen-bond acceptors (Lipinski definition) is 4. The van der Waals surface area contributed by atoms with Gasteiger partial charge < -0.3 is 4.57 Å². The summed E-state index contributed by atoms with van der Waals surface area (Å²) in [5.74, 6) is 0. The summed E-state index contributed by atoms with van der Waals surface area (Å²) in [6.07, 6.45) is 1.79. The highest BCUT2D eigenvalue weighted by molar-refractivity contribution is 9.10. The molecule has 9 heteroatoms. The van der Waals surface area contributed by atoms with E-state index < -0.39 is 10.0 Å². The zero-order valence-electron chi connectivity index (χ0n) is 15.5. The predicted molar refractivity (Wildman–Crippen MR) is 118 cm³/mol. The highest BCUT2D eigenvalue weighted by atomic mass is 79.9. The van der Waals surface area contributed by atoms with Gasteiger partial charge in [0.15, 0.2) is 0 Å². The van der Waals surface area contributed by atoms with Crippen molar-refractivity contribution in [3.63, 3.8) is 0 Å². The van der Waals surface area contributed by atoms with Crippen LogP contribution in [-0.2, 0) is 16.7 Å². The molecule has 0 bridgehead atoms. The maximum absolute atomic E-state index is 12.9. The Hall–Kier alpha value is -1.71. The van der Waals surface area contributed by atoms with Crippen LogP contribution in [0.1, 0.15) is 0 Å². The summed E-state index contributed by atoms with van der Waals surface area (Å²) in [5.41, 5.74) is -0.0419. The van der Waals surface area contributed by atoms with E-state index in [1.54, 1.807) is 22.9 Å². The van der Waals surface area contributed by atoms with Crippen molar-refractivity contribution in [2.45, 2.75) is 11.6 Å². The van der Waals surface area contributed by atoms with E-state index in [0.717, 1.165) is 9.86 Å². The summed E-state index contributed by atoms with van der Waals surface area (Å²) >= 11 is 9.44. The second-order valence-electron chi connectivity index (χ2n) is 6.92. The van der Waals surface area contributed by atoms with Crippen molar-refractivity contribution in [1.29, 1.82) is 0 Å². The van der Waals surface area contributed by atoms with Gasteiger partial charge in [0.25, 0.3) is 5.56 Å². The van der Waals surface area contributed by atoms with Gasteiger partial charge in [0.2, 0.25) is 10.0 Å². The fourth-order valence-electron chi connectivity index (χ4n) is 3.49. The number of piperazine rings is 1. The minimum absolute atomic E-state index is 0.0419. The van der Waals surface area contributed by atoms with Crippen LogP contribution in [0.4, 0.5) is 0 Å². The number of fused-ring (bicyclic) bond motifs is 1. The molecule has 1 saturated heterocycles. The molecule has 0 atom stereocenters. The third kappa shape index (κ3) is 4.13. The average Bonchev–Trinajstić information content (AvgIpc) is 2.70. The van der Waals surface area contributed by atoms with Gasteiger partial charge in [0.1, 0.15) is 4.90 Å². The predicted octanol–water partition coefficient (Wildman–Crippen LogP) is 3.38. The Kier molecular flexibility index (Phi) is 5.81. The maximum Gasteiger partial charge on any atom is 0.259 e. The van der Waals surface area contributed by atoms with Gasteiger partial charge in [0, 0.05) is 42.2 Å². The van der Waals surface area contributed by atoms with E-state index in [1.807, 2.05) is 30.3 Å². The molecule has 1 aromatic heterocycles. The fourth-order valence-corrected chi connectivity index (χ4v) is 5.92. The van der Waals surface area contributed by atoms with Crippen molar-refractivity contribution >= 4 is 48.3 Å². The lowest BCUT2D eigenvalue weighted by molar-refractivity contribution is 0.151. The Morgan fingerprint density at radius 3 is 2.45 bits per heavy atom. The van der Waals surface area contributed by atoms with Crippen molar-refractivity contribution in [2.24, 2.45) is 0 Å². The standard InChI is InChI=1S/C20H19BrClN3O3S/c21-16-5-6-19(18(22)13-16)29(27,28)25-11-9-23(10-12-25)14-24-8-7-15-3-1-2-4-17(15)20(24)26/h1-8,13H,9-12,14H2. The molecule has 2 aromatic carbocycles. The summed E-state index contributed by atoms with van der Waals surface area (Å²) in [4.78, 5) is 14.9. The van der Waals surface area contributed by atoms with Crippen LogP contribution in [0.25, 0.3) is 10.8 Å². The molecule has 0 radical (unpaired) electrons. The van der Waals surface area contributed by atoms with Crippen molar-refractivity contribution in [3.05, 3.63) is 74.6 Å². The van der Waals surface area contributed by atoms with Crippen LogP contribution in [0, 0.1) is 0 Å². The molecule has 0 saturated carbocycles. The molecule has 4 rings (SSSR count). The zero-order valence-corrected chi connectivity index (χ0v) is 18.6. The van der Waals surface area contributed by atoms with E-state index in [-0.39, 0.29) is 15.5 Å². The largest absolute Gasteiger partial charge is 0.301 e. The van der Waals surface area contributed by atoms with E-state index in [9.17, 15) is 13.2 Å². The van der Waals surface area contributed by atoms with Crippen LogP contribution in [0.15, 0.2) is 68.9 Å². The molecule has 0 aliphatic carbocycles. The topological polar surface area (TPSA) is 62.6 Å². The van der Waals surface area contributed by atoms with Crippen LogP contribution in [0.2, 0.25) is 5.02 Å². The zero-order chi connectivity index (χ0) is 20.6. The second kappa shape index (κ2) is 8.20. The summed E-state index contributed by atoms with van der Waals surface area (Å²) < 4.78 is 29.7. The van der Waals surface area contributed by atoms with Gasteiger partial charge in [-0.15, -0.1) is 0 Å². The summed E-state index contributed by atoms with van der Waals surface area (Å²) in [7, 11) is -3.66. The van der Waals surface area contributed by atoms with E-state index in [0.29, 0.717) is 38.2 Å². The molecule has 0 amide bonds. The highest BCUT2D eigenvalue weighted by Gasteiger charge is 2.30. The normalized spacial score (nSPS) is 16.3. The van der Waals surface area contributed by atoms with E-state index >= 15 is 0 Å². The average molecular weight is 497 g/mol. The molecule has 1 fully saturated rings. The first kappa shape index (κ1) is 20.6. The lowest BCUT2D eigenvalue weighted by Crippen LogP contribution is -2.49. The minimum Gasteiger partial charge on any atom is -0.301 e. The Morgan fingerprint density at radius 1 is 1.00 bits per heavy atom. The minimum atomic E-state index is -3.66. The Morgan fingerprint density at radius 2 is 1.72 bits per heavy atom. The van der Waals surface area contributed by atoms with Gasteiger partial charge in [-0.05, 0) is 35.7 Å². The van der Waals surface area contributed by atoms with Crippen molar-refractivity contribution in [2.75, 3.05) is 26.2 Å². The number of rotatable bonds is 4. The number of hydrogen-bond donors (Lipinski definition) is 0. The molecule has 2 heterocycles. The molecular weight excluding hydrogens is 478 g/mol. The molecule has 0 spiro atoms. The first-order chi connectivity index (χ1) is 13.9. The SMILES string of the molecule is O=c1c2ccccc2ccn1CN1CCN(S(=O)(=O)c2ccc(Br)cc2Cl)CC1. The number of sulfonamides is 1. The quantitative estimate of drug-likeness (QED) is 0.556. The van der Waals surface area contributed by atoms with E-state index in [2.05, 4.69) is 20.8 Å². The molecule has 0 N–H and O–H groups in total. The number of pyridine rings is 1. The van der Waals surface area contributed by atoms with Gasteiger partial charge in [-0.2, -0.15) is 4.31 Å². The van der Waals surface area contributed by atoms with Crippen LogP contribution >= 0.6 is 27.5 Å². The van der Waals surface area contributed by atoms with Crippen molar-refractivity contribution in [3.8, 4) is 0 Å². The summed E-state index contributed by atoms with van der Waals surface area (Å²) in [5, 5.41) is 1.79. The number of benzene rings is 2. The molecule has 1 aliphatic heterocycles. The monoisotopic (exact) mass is 495 g/mol. The molecule has 3 aromatic rings. The maximum atomic E-state index is 12.9.